The minimum absolute atomic E-state index is 0.0575. The predicted octanol–water partition coefficient (Wildman–Crippen LogP) is 4.41. The van der Waals surface area contributed by atoms with E-state index in [1.807, 2.05) is 0 Å². The highest BCUT2D eigenvalue weighted by Gasteiger charge is 2.17. The second-order valence-electron chi connectivity index (χ2n) is 6.44. The fraction of sp³-hybridized carbons (Fsp3) is 0.294. The monoisotopic (exact) mass is 378 g/mol. The molecule has 0 saturated carbocycles. The summed E-state index contributed by atoms with van der Waals surface area (Å²) in [5.74, 6) is 0.0575. The van der Waals surface area contributed by atoms with Crippen molar-refractivity contribution in [3.05, 3.63) is 57.2 Å². The highest BCUT2D eigenvalue weighted by Crippen LogP contribution is 2.27. The van der Waals surface area contributed by atoms with E-state index in [-0.39, 0.29) is 16.7 Å². The molecule has 2 aromatic rings. The molecule has 0 unspecified atom stereocenters. The number of ether oxygens (including phenoxy) is 1. The van der Waals surface area contributed by atoms with Crippen molar-refractivity contribution in [2.45, 2.75) is 32.9 Å². The Morgan fingerprint density at radius 3 is 2.46 bits per heavy atom. The van der Waals surface area contributed by atoms with Crippen molar-refractivity contribution < 1.29 is 14.5 Å². The number of anilines is 2. The molecule has 2 N–H and O–H groups in total. The second-order valence-corrected chi connectivity index (χ2v) is 6.82. The fourth-order valence-electron chi connectivity index (χ4n) is 2.00. The first-order valence-corrected chi connectivity index (χ1v) is 8.15. The van der Waals surface area contributed by atoms with Gasteiger partial charge in [0, 0.05) is 18.3 Å². The van der Waals surface area contributed by atoms with Gasteiger partial charge < -0.3 is 15.4 Å². The number of carbonyl (C=O) groups excluding carboxylic acids is 1. The Hall–Kier alpha value is -2.87. The third kappa shape index (κ3) is 5.89. The largest absolute Gasteiger partial charge is 0.444 e. The molecule has 0 atom stereocenters. The molecule has 0 saturated heterocycles. The maximum Gasteiger partial charge on any atom is 0.407 e. The van der Waals surface area contributed by atoms with E-state index >= 15 is 0 Å². The molecule has 2 rings (SSSR count). The van der Waals surface area contributed by atoms with E-state index < -0.39 is 16.6 Å². The summed E-state index contributed by atoms with van der Waals surface area (Å²) in [5, 5.41) is 16.7. The third-order valence-electron chi connectivity index (χ3n) is 3.09. The van der Waals surface area contributed by atoms with Crippen LogP contribution in [-0.4, -0.2) is 21.6 Å². The topological polar surface area (TPSA) is 106 Å². The summed E-state index contributed by atoms with van der Waals surface area (Å²) >= 11 is 5.80. The SMILES string of the molecule is CC(C)(C)OC(=O)NCc1ccc(Nc2nc(Cl)ccc2[N+](=O)[O-])cc1. The summed E-state index contributed by atoms with van der Waals surface area (Å²) in [6, 6.07) is 9.64. The van der Waals surface area contributed by atoms with E-state index in [1.165, 1.54) is 12.1 Å². The number of halogens is 1. The smallest absolute Gasteiger partial charge is 0.407 e. The summed E-state index contributed by atoms with van der Waals surface area (Å²) in [4.78, 5) is 26.1. The minimum Gasteiger partial charge on any atom is -0.444 e. The molecule has 138 valence electrons. The van der Waals surface area contributed by atoms with Crippen molar-refractivity contribution in [3.8, 4) is 0 Å². The maximum absolute atomic E-state index is 11.6. The van der Waals surface area contributed by atoms with E-state index in [0.717, 1.165) is 5.56 Å². The van der Waals surface area contributed by atoms with Crippen LogP contribution in [0.2, 0.25) is 5.15 Å². The van der Waals surface area contributed by atoms with Crippen molar-refractivity contribution in [2.75, 3.05) is 5.32 Å². The Balaban J connectivity index is 2.01. The number of pyridine rings is 1. The number of benzene rings is 1. The van der Waals surface area contributed by atoms with Crippen LogP contribution in [0.3, 0.4) is 0 Å². The van der Waals surface area contributed by atoms with E-state index in [9.17, 15) is 14.9 Å². The van der Waals surface area contributed by atoms with Gasteiger partial charge in [-0.2, -0.15) is 0 Å². The first-order valence-electron chi connectivity index (χ1n) is 7.78. The van der Waals surface area contributed by atoms with Crippen LogP contribution < -0.4 is 10.6 Å². The van der Waals surface area contributed by atoms with Gasteiger partial charge in [-0.15, -0.1) is 0 Å². The number of amides is 1. The first-order chi connectivity index (χ1) is 12.1. The van der Waals surface area contributed by atoms with Gasteiger partial charge in [-0.3, -0.25) is 10.1 Å². The number of nitrogens with one attached hydrogen (secondary N) is 2. The lowest BCUT2D eigenvalue weighted by Gasteiger charge is -2.19. The number of rotatable bonds is 5. The van der Waals surface area contributed by atoms with Crippen molar-refractivity contribution in [1.82, 2.24) is 10.3 Å². The molecule has 0 aliphatic carbocycles. The lowest BCUT2D eigenvalue weighted by Crippen LogP contribution is -2.32. The van der Waals surface area contributed by atoms with Crippen LogP contribution in [0, 0.1) is 10.1 Å². The van der Waals surface area contributed by atoms with Gasteiger partial charge in [0.05, 0.1) is 4.92 Å². The van der Waals surface area contributed by atoms with Crippen molar-refractivity contribution in [2.24, 2.45) is 0 Å². The van der Waals surface area contributed by atoms with Crippen molar-refractivity contribution in [1.29, 1.82) is 0 Å². The van der Waals surface area contributed by atoms with E-state index in [2.05, 4.69) is 15.6 Å². The Bertz CT molecular complexity index is 803. The number of alkyl carbamates (subject to hydrolysis) is 1. The van der Waals surface area contributed by atoms with Crippen LogP contribution in [-0.2, 0) is 11.3 Å². The average Bonchev–Trinajstić information content (AvgIpc) is 2.52. The molecule has 0 fully saturated rings. The molecule has 0 aliphatic heterocycles. The molecule has 8 nitrogen and oxygen atoms in total. The zero-order valence-corrected chi connectivity index (χ0v) is 15.3. The van der Waals surface area contributed by atoms with Gasteiger partial charge in [-0.25, -0.2) is 9.78 Å². The van der Waals surface area contributed by atoms with Gasteiger partial charge in [0.2, 0.25) is 5.82 Å². The molecule has 1 aromatic carbocycles. The highest BCUT2D eigenvalue weighted by atomic mass is 35.5. The normalized spacial score (nSPS) is 10.9. The molecule has 1 heterocycles. The summed E-state index contributed by atoms with van der Waals surface area (Å²) in [6.45, 7) is 5.66. The third-order valence-corrected chi connectivity index (χ3v) is 3.30. The van der Waals surface area contributed by atoms with E-state index in [1.54, 1.807) is 45.0 Å². The molecule has 0 bridgehead atoms. The van der Waals surface area contributed by atoms with Gasteiger partial charge in [0.1, 0.15) is 10.8 Å². The minimum atomic E-state index is -0.559. The Morgan fingerprint density at radius 2 is 1.88 bits per heavy atom. The summed E-state index contributed by atoms with van der Waals surface area (Å²) < 4.78 is 5.16. The molecule has 0 radical (unpaired) electrons. The highest BCUT2D eigenvalue weighted by molar-refractivity contribution is 6.29. The first kappa shape index (κ1) is 19.5. The lowest BCUT2D eigenvalue weighted by molar-refractivity contribution is -0.384. The standard InChI is InChI=1S/C17H19ClN4O4/c1-17(2,3)26-16(23)19-10-11-4-6-12(7-5-11)20-15-13(22(24)25)8-9-14(18)21-15/h4-9H,10H2,1-3H3,(H,19,23)(H,20,21). The summed E-state index contributed by atoms with van der Waals surface area (Å²) in [6.07, 6.45) is -0.501. The Morgan fingerprint density at radius 1 is 1.23 bits per heavy atom. The second kappa shape index (κ2) is 8.01. The molecular weight excluding hydrogens is 360 g/mol. The van der Waals surface area contributed by atoms with Crippen LogP contribution in [0.25, 0.3) is 0 Å². The molecule has 9 heteroatoms. The number of nitrogens with zero attached hydrogens (tertiary/aromatic N) is 2. The van der Waals surface area contributed by atoms with Gasteiger partial charge in [-0.1, -0.05) is 23.7 Å². The van der Waals surface area contributed by atoms with Gasteiger partial charge in [-0.05, 0) is 44.5 Å². The molecule has 0 spiro atoms. The van der Waals surface area contributed by atoms with E-state index in [4.69, 9.17) is 16.3 Å². The van der Waals surface area contributed by atoms with Gasteiger partial charge in [0.15, 0.2) is 0 Å². The quantitative estimate of drug-likeness (QED) is 0.453. The van der Waals surface area contributed by atoms with Gasteiger partial charge in [0.25, 0.3) is 0 Å². The van der Waals surface area contributed by atoms with Crippen molar-refractivity contribution in [3.63, 3.8) is 0 Å². The molecule has 26 heavy (non-hydrogen) atoms. The number of hydrogen-bond donors (Lipinski definition) is 2. The van der Waals surface area contributed by atoms with Gasteiger partial charge >= 0.3 is 11.8 Å². The predicted molar refractivity (Wildman–Crippen MR) is 98.7 cm³/mol. The lowest BCUT2D eigenvalue weighted by atomic mass is 10.2. The fourth-order valence-corrected chi connectivity index (χ4v) is 2.15. The molecule has 0 aliphatic rings. The van der Waals surface area contributed by atoms with Crippen LogP contribution in [0.15, 0.2) is 36.4 Å². The molecule has 1 amide bonds. The summed E-state index contributed by atoms with van der Waals surface area (Å²) in [5.41, 5.74) is 0.709. The average molecular weight is 379 g/mol. The van der Waals surface area contributed by atoms with E-state index in [0.29, 0.717) is 12.2 Å². The number of nitro groups is 1. The van der Waals surface area contributed by atoms with Crippen LogP contribution in [0.1, 0.15) is 26.3 Å². The maximum atomic E-state index is 11.6. The number of hydrogen-bond acceptors (Lipinski definition) is 6. The molecule has 1 aromatic heterocycles. The van der Waals surface area contributed by atoms with Crippen molar-refractivity contribution >= 4 is 34.9 Å². The van der Waals surface area contributed by atoms with Crippen LogP contribution >= 0.6 is 11.6 Å². The zero-order chi connectivity index (χ0) is 19.3. The van der Waals surface area contributed by atoms with Crippen LogP contribution in [0.4, 0.5) is 22.0 Å². The zero-order valence-electron chi connectivity index (χ0n) is 14.6. The number of aromatic nitrogens is 1. The molecular formula is C17H19ClN4O4. The van der Waals surface area contributed by atoms with Crippen LogP contribution in [0.5, 0.6) is 0 Å². The number of carbonyl (C=O) groups is 1. The summed E-state index contributed by atoms with van der Waals surface area (Å²) in [7, 11) is 0. The Labute approximate surface area is 155 Å². The Kier molecular flexibility index (Phi) is 5.99.